The highest BCUT2D eigenvalue weighted by Gasteiger charge is 2.23. The van der Waals surface area contributed by atoms with E-state index in [1.54, 1.807) is 0 Å². The Morgan fingerprint density at radius 3 is 2.32 bits per heavy atom. The maximum absolute atomic E-state index is 11.5. The van der Waals surface area contributed by atoms with Gasteiger partial charge < -0.3 is 4.74 Å². The quantitative estimate of drug-likeness (QED) is 0.493. The highest BCUT2D eigenvalue weighted by Crippen LogP contribution is 2.15. The van der Waals surface area contributed by atoms with Crippen molar-refractivity contribution >= 4 is 29.3 Å². The third kappa shape index (κ3) is 3.66. The normalized spacial score (nSPS) is 13.4. The Bertz CT molecular complexity index is 634. The molecule has 0 aromatic heterocycles. The maximum atomic E-state index is 11.5. The predicted molar refractivity (Wildman–Crippen MR) is 73.9 cm³/mol. The second-order valence-electron chi connectivity index (χ2n) is 4.23. The van der Waals surface area contributed by atoms with Gasteiger partial charge in [-0.05, 0) is 12.1 Å². The Hall–Kier alpha value is -3.23. The van der Waals surface area contributed by atoms with Crippen LogP contribution in [0.4, 0.5) is 16.2 Å². The lowest BCUT2D eigenvalue weighted by Gasteiger charge is -2.13. The van der Waals surface area contributed by atoms with Gasteiger partial charge >= 0.3 is 6.09 Å². The van der Waals surface area contributed by atoms with Gasteiger partial charge in [0, 0.05) is 30.0 Å². The third-order valence-corrected chi connectivity index (χ3v) is 2.77. The molecule has 0 atom stereocenters. The van der Waals surface area contributed by atoms with E-state index < -0.39 is 22.8 Å². The zero-order valence-electron chi connectivity index (χ0n) is 11.2. The van der Waals surface area contributed by atoms with Gasteiger partial charge in [0.1, 0.15) is 6.61 Å². The van der Waals surface area contributed by atoms with Gasteiger partial charge in [0.15, 0.2) is 0 Å². The van der Waals surface area contributed by atoms with Crippen LogP contribution in [0.15, 0.2) is 36.4 Å². The van der Waals surface area contributed by atoms with Gasteiger partial charge in [-0.25, -0.2) is 4.79 Å². The maximum Gasteiger partial charge on any atom is 0.411 e. The topological polar surface area (TPSA) is 119 Å². The van der Waals surface area contributed by atoms with Crippen LogP contribution in [0, 0.1) is 10.1 Å². The van der Waals surface area contributed by atoms with Gasteiger partial charge in [0.2, 0.25) is 0 Å². The van der Waals surface area contributed by atoms with Crippen molar-refractivity contribution in [2.24, 2.45) is 0 Å². The number of carbonyl (C=O) groups is 3. The lowest BCUT2D eigenvalue weighted by molar-refractivity contribution is -0.384. The minimum atomic E-state index is -0.791. The fourth-order valence-corrected chi connectivity index (χ4v) is 1.70. The van der Waals surface area contributed by atoms with Crippen molar-refractivity contribution < 1.29 is 24.0 Å². The molecule has 0 radical (unpaired) electrons. The molecule has 9 heteroatoms. The van der Waals surface area contributed by atoms with E-state index in [1.165, 1.54) is 24.3 Å². The standard InChI is InChI=1S/C13H11N3O6/c17-11-5-6-12(18)15(11)7-8-22-13(19)14-9-1-3-10(4-2-9)16(20)21/h1-6H,7-8H2,(H,14,19). The van der Waals surface area contributed by atoms with E-state index in [1.807, 2.05) is 0 Å². The van der Waals surface area contributed by atoms with Crippen molar-refractivity contribution in [3.05, 3.63) is 46.5 Å². The minimum absolute atomic E-state index is 0.0433. The summed E-state index contributed by atoms with van der Waals surface area (Å²) < 4.78 is 4.82. The molecule has 1 aliphatic rings. The van der Waals surface area contributed by atoms with Crippen LogP contribution in [0.3, 0.4) is 0 Å². The first-order chi connectivity index (χ1) is 10.5. The van der Waals surface area contributed by atoms with Crippen LogP contribution < -0.4 is 5.32 Å². The molecule has 22 heavy (non-hydrogen) atoms. The van der Waals surface area contributed by atoms with Gasteiger partial charge in [-0.15, -0.1) is 0 Å². The SMILES string of the molecule is O=C(Nc1ccc([N+](=O)[O-])cc1)OCCN1C(=O)C=CC1=O. The average molecular weight is 305 g/mol. The van der Waals surface area contributed by atoms with Crippen LogP contribution in [0.2, 0.25) is 0 Å². The Morgan fingerprint density at radius 2 is 1.77 bits per heavy atom. The van der Waals surface area contributed by atoms with Crippen LogP contribution in [0.25, 0.3) is 0 Å². The molecule has 114 valence electrons. The zero-order chi connectivity index (χ0) is 16.1. The molecule has 0 saturated heterocycles. The lowest BCUT2D eigenvalue weighted by atomic mass is 10.3. The van der Waals surface area contributed by atoms with Gasteiger partial charge in [0.05, 0.1) is 11.5 Å². The summed E-state index contributed by atoms with van der Waals surface area (Å²) in [5, 5.41) is 12.9. The number of ether oxygens (including phenoxy) is 1. The summed E-state index contributed by atoms with van der Waals surface area (Å²) >= 11 is 0. The van der Waals surface area contributed by atoms with E-state index >= 15 is 0 Å². The summed E-state index contributed by atoms with van der Waals surface area (Å²) in [5.74, 6) is -0.909. The third-order valence-electron chi connectivity index (χ3n) is 2.77. The number of nitrogens with zero attached hydrogens (tertiary/aromatic N) is 2. The zero-order valence-corrected chi connectivity index (χ0v) is 11.2. The number of hydrogen-bond acceptors (Lipinski definition) is 6. The van der Waals surface area contributed by atoms with E-state index in [2.05, 4.69) is 5.32 Å². The first-order valence-corrected chi connectivity index (χ1v) is 6.19. The van der Waals surface area contributed by atoms with Crippen molar-refractivity contribution in [1.82, 2.24) is 4.90 Å². The largest absolute Gasteiger partial charge is 0.447 e. The molecule has 1 aliphatic heterocycles. The Labute approximate surface area is 124 Å². The van der Waals surface area contributed by atoms with Crippen molar-refractivity contribution in [2.75, 3.05) is 18.5 Å². The first kappa shape index (κ1) is 15.2. The number of rotatable bonds is 5. The number of carbonyl (C=O) groups excluding carboxylic acids is 3. The fourth-order valence-electron chi connectivity index (χ4n) is 1.70. The number of non-ortho nitro benzene ring substituents is 1. The van der Waals surface area contributed by atoms with Crippen LogP contribution in [0.1, 0.15) is 0 Å². The van der Waals surface area contributed by atoms with Crippen molar-refractivity contribution in [3.8, 4) is 0 Å². The molecule has 0 aliphatic carbocycles. The van der Waals surface area contributed by atoms with E-state index in [-0.39, 0.29) is 18.8 Å². The average Bonchev–Trinajstić information content (AvgIpc) is 2.79. The Balaban J connectivity index is 1.77. The van der Waals surface area contributed by atoms with E-state index in [0.717, 1.165) is 17.1 Å². The molecule has 1 aromatic carbocycles. The molecule has 2 rings (SSSR count). The second-order valence-corrected chi connectivity index (χ2v) is 4.23. The number of anilines is 1. The summed E-state index contributed by atoms with van der Waals surface area (Å²) in [6.45, 7) is -0.198. The number of nitrogens with one attached hydrogen (secondary N) is 1. The molecule has 0 unspecified atom stereocenters. The molecule has 9 nitrogen and oxygen atoms in total. The van der Waals surface area contributed by atoms with Gasteiger partial charge in [-0.1, -0.05) is 0 Å². The van der Waals surface area contributed by atoms with Crippen LogP contribution in [0.5, 0.6) is 0 Å². The summed E-state index contributed by atoms with van der Waals surface area (Å²) in [4.78, 5) is 44.9. The van der Waals surface area contributed by atoms with E-state index in [0.29, 0.717) is 5.69 Å². The molecule has 3 amide bonds. The monoisotopic (exact) mass is 305 g/mol. The highest BCUT2D eigenvalue weighted by atomic mass is 16.6. The van der Waals surface area contributed by atoms with E-state index in [4.69, 9.17) is 4.74 Å². The molecule has 1 N–H and O–H groups in total. The number of nitro benzene ring substituents is 1. The van der Waals surface area contributed by atoms with Gasteiger partial charge in [0.25, 0.3) is 17.5 Å². The summed E-state index contributed by atoms with van der Waals surface area (Å²) in [6.07, 6.45) is 1.49. The summed E-state index contributed by atoms with van der Waals surface area (Å²) in [7, 11) is 0. The number of imide groups is 1. The molecule has 0 fully saturated rings. The molecule has 0 spiro atoms. The van der Waals surface area contributed by atoms with Crippen LogP contribution >= 0.6 is 0 Å². The smallest absolute Gasteiger partial charge is 0.411 e. The predicted octanol–water partition coefficient (Wildman–Crippen LogP) is 1.07. The molecule has 1 heterocycles. The molecular formula is C13H11N3O6. The lowest BCUT2D eigenvalue weighted by Crippen LogP contribution is -2.34. The number of benzene rings is 1. The van der Waals surface area contributed by atoms with Crippen molar-refractivity contribution in [1.29, 1.82) is 0 Å². The van der Waals surface area contributed by atoms with Crippen LogP contribution in [-0.2, 0) is 14.3 Å². The number of hydrogen-bond donors (Lipinski definition) is 1. The minimum Gasteiger partial charge on any atom is -0.447 e. The first-order valence-electron chi connectivity index (χ1n) is 6.19. The van der Waals surface area contributed by atoms with Crippen molar-refractivity contribution in [2.45, 2.75) is 0 Å². The Kier molecular flexibility index (Phi) is 4.47. The van der Waals surface area contributed by atoms with Crippen molar-refractivity contribution in [3.63, 3.8) is 0 Å². The van der Waals surface area contributed by atoms with Crippen LogP contribution in [-0.4, -0.2) is 40.9 Å². The molecular weight excluding hydrogens is 294 g/mol. The van der Waals surface area contributed by atoms with E-state index in [9.17, 15) is 24.5 Å². The summed E-state index contributed by atoms with van der Waals surface area (Å²) in [5.41, 5.74) is 0.225. The number of nitro groups is 1. The second kappa shape index (κ2) is 6.48. The Morgan fingerprint density at radius 1 is 1.18 bits per heavy atom. The van der Waals surface area contributed by atoms with Gasteiger partial charge in [-0.2, -0.15) is 0 Å². The molecule has 0 saturated carbocycles. The van der Waals surface area contributed by atoms with Gasteiger partial charge in [-0.3, -0.25) is 29.9 Å². The fraction of sp³-hybridized carbons (Fsp3) is 0.154. The highest BCUT2D eigenvalue weighted by molar-refractivity contribution is 6.12. The molecule has 1 aromatic rings. The summed E-state index contributed by atoms with van der Waals surface area (Å²) in [6, 6.07) is 5.19. The number of amides is 3. The molecule has 0 bridgehead atoms.